The number of carbonyl (C=O) groups excluding carboxylic acids is 1. The SMILES string of the molecule is Cc1cc(-c2cc(-c3ccccc3)n(CC(=O)N3CCc4cc(=O)n(C)nc4CC3)n2)ccc1F. The first-order valence-corrected chi connectivity index (χ1v) is 11.6. The highest BCUT2D eigenvalue weighted by Gasteiger charge is 2.22. The van der Waals surface area contributed by atoms with E-state index in [4.69, 9.17) is 5.10 Å². The van der Waals surface area contributed by atoms with E-state index in [2.05, 4.69) is 5.10 Å². The molecule has 0 radical (unpaired) electrons. The number of amides is 1. The van der Waals surface area contributed by atoms with Crippen molar-refractivity contribution >= 4 is 5.91 Å². The van der Waals surface area contributed by atoms with Crippen molar-refractivity contribution in [2.75, 3.05) is 13.1 Å². The Balaban J connectivity index is 1.43. The third-order valence-electron chi connectivity index (χ3n) is 6.47. The Kier molecular flexibility index (Phi) is 6.03. The van der Waals surface area contributed by atoms with Crippen LogP contribution in [-0.2, 0) is 31.2 Å². The van der Waals surface area contributed by atoms with Crippen LogP contribution in [-0.4, -0.2) is 43.5 Å². The summed E-state index contributed by atoms with van der Waals surface area (Å²) >= 11 is 0. The number of carbonyl (C=O) groups is 1. The molecular formula is C27H26FN5O2. The summed E-state index contributed by atoms with van der Waals surface area (Å²) in [6.45, 7) is 2.85. The lowest BCUT2D eigenvalue weighted by Gasteiger charge is -2.20. The summed E-state index contributed by atoms with van der Waals surface area (Å²) in [5.41, 5.74) is 5.41. The normalized spacial score (nSPS) is 13.4. The molecule has 0 atom stereocenters. The topological polar surface area (TPSA) is 73.0 Å². The maximum atomic E-state index is 13.8. The number of nitrogens with zero attached hydrogens (tertiary/aromatic N) is 5. The number of halogens is 1. The fourth-order valence-corrected chi connectivity index (χ4v) is 4.46. The number of rotatable bonds is 4. The van der Waals surface area contributed by atoms with Crippen molar-refractivity contribution in [2.24, 2.45) is 7.05 Å². The molecule has 35 heavy (non-hydrogen) atoms. The maximum Gasteiger partial charge on any atom is 0.266 e. The number of aryl methyl sites for hydroxylation is 2. The smallest absolute Gasteiger partial charge is 0.266 e. The molecule has 178 valence electrons. The summed E-state index contributed by atoms with van der Waals surface area (Å²) in [6, 6.07) is 18.2. The molecule has 0 bridgehead atoms. The molecule has 7 nitrogen and oxygen atoms in total. The van der Waals surface area contributed by atoms with E-state index in [0.717, 1.165) is 28.1 Å². The Morgan fingerprint density at radius 1 is 0.971 bits per heavy atom. The molecule has 0 saturated heterocycles. The second-order valence-corrected chi connectivity index (χ2v) is 8.86. The molecule has 1 aliphatic rings. The fourth-order valence-electron chi connectivity index (χ4n) is 4.46. The molecule has 0 unspecified atom stereocenters. The van der Waals surface area contributed by atoms with Gasteiger partial charge in [0.15, 0.2) is 0 Å². The predicted molar refractivity (Wildman–Crippen MR) is 131 cm³/mol. The Morgan fingerprint density at radius 3 is 2.51 bits per heavy atom. The van der Waals surface area contributed by atoms with Crippen molar-refractivity contribution in [3.05, 3.63) is 93.7 Å². The van der Waals surface area contributed by atoms with Gasteiger partial charge in [-0.05, 0) is 54.3 Å². The van der Waals surface area contributed by atoms with Gasteiger partial charge in [-0.25, -0.2) is 9.07 Å². The molecule has 0 saturated carbocycles. The van der Waals surface area contributed by atoms with E-state index in [1.165, 1.54) is 10.7 Å². The molecule has 3 heterocycles. The number of hydrogen-bond acceptors (Lipinski definition) is 4. The van der Waals surface area contributed by atoms with Crippen LogP contribution in [0.1, 0.15) is 16.8 Å². The zero-order valence-corrected chi connectivity index (χ0v) is 19.7. The Hall–Kier alpha value is -4.07. The second-order valence-electron chi connectivity index (χ2n) is 8.86. The lowest BCUT2D eigenvalue weighted by Crippen LogP contribution is -2.36. The van der Waals surface area contributed by atoms with Gasteiger partial charge in [0.25, 0.3) is 5.56 Å². The number of aromatic nitrogens is 4. The predicted octanol–water partition coefficient (Wildman–Crippen LogP) is 3.39. The van der Waals surface area contributed by atoms with Crippen LogP contribution in [0.5, 0.6) is 0 Å². The Labute approximate surface area is 202 Å². The monoisotopic (exact) mass is 471 g/mol. The van der Waals surface area contributed by atoms with E-state index in [1.54, 1.807) is 36.9 Å². The average molecular weight is 472 g/mol. The average Bonchev–Trinajstić information content (AvgIpc) is 3.16. The van der Waals surface area contributed by atoms with Gasteiger partial charge in [0, 0.05) is 38.2 Å². The standard InChI is InChI=1S/C27H26FN5O2/c1-18-14-20(8-9-22(18)28)24-16-25(19-6-4-3-5-7-19)33(30-24)17-27(35)32-12-10-21-15-26(34)31(2)29-23(21)11-13-32/h3-9,14-16H,10-13,17H2,1-2H3. The maximum absolute atomic E-state index is 13.8. The Bertz CT molecular complexity index is 1460. The number of benzene rings is 2. The third-order valence-corrected chi connectivity index (χ3v) is 6.47. The summed E-state index contributed by atoms with van der Waals surface area (Å²) in [6.07, 6.45) is 1.19. The lowest BCUT2D eigenvalue weighted by molar-refractivity contribution is -0.131. The van der Waals surface area contributed by atoms with Gasteiger partial charge in [0.1, 0.15) is 12.4 Å². The van der Waals surface area contributed by atoms with E-state index >= 15 is 0 Å². The quantitative estimate of drug-likeness (QED) is 0.458. The van der Waals surface area contributed by atoms with Crippen LogP contribution in [0.25, 0.3) is 22.5 Å². The van der Waals surface area contributed by atoms with Crippen molar-refractivity contribution in [1.82, 2.24) is 24.5 Å². The van der Waals surface area contributed by atoms with Gasteiger partial charge in [-0.15, -0.1) is 0 Å². The van der Waals surface area contributed by atoms with Crippen LogP contribution in [0.2, 0.25) is 0 Å². The number of fused-ring (bicyclic) bond motifs is 1. The summed E-state index contributed by atoms with van der Waals surface area (Å²) in [5.74, 6) is -0.312. The van der Waals surface area contributed by atoms with Crippen molar-refractivity contribution < 1.29 is 9.18 Å². The lowest BCUT2D eigenvalue weighted by atomic mass is 10.1. The Morgan fingerprint density at radius 2 is 1.74 bits per heavy atom. The van der Waals surface area contributed by atoms with Crippen LogP contribution < -0.4 is 5.56 Å². The molecule has 1 amide bonds. The third kappa shape index (κ3) is 4.64. The highest BCUT2D eigenvalue weighted by molar-refractivity contribution is 5.78. The molecular weight excluding hydrogens is 445 g/mol. The first-order valence-electron chi connectivity index (χ1n) is 11.6. The molecule has 2 aromatic heterocycles. The van der Waals surface area contributed by atoms with Crippen LogP contribution in [0.15, 0.2) is 65.5 Å². The molecule has 0 spiro atoms. The summed E-state index contributed by atoms with van der Waals surface area (Å²) in [4.78, 5) is 27.1. The molecule has 1 aliphatic heterocycles. The molecule has 4 aromatic rings. The minimum atomic E-state index is -0.263. The second kappa shape index (κ2) is 9.29. The summed E-state index contributed by atoms with van der Waals surface area (Å²) in [5, 5.41) is 9.12. The van der Waals surface area contributed by atoms with Gasteiger partial charge >= 0.3 is 0 Å². The van der Waals surface area contributed by atoms with Crippen LogP contribution >= 0.6 is 0 Å². The van der Waals surface area contributed by atoms with Crippen LogP contribution in [0.4, 0.5) is 4.39 Å². The molecule has 2 aromatic carbocycles. The highest BCUT2D eigenvalue weighted by atomic mass is 19.1. The zero-order valence-electron chi connectivity index (χ0n) is 19.7. The minimum absolute atomic E-state index is 0.0494. The largest absolute Gasteiger partial charge is 0.340 e. The summed E-state index contributed by atoms with van der Waals surface area (Å²) in [7, 11) is 1.64. The van der Waals surface area contributed by atoms with E-state index in [1.807, 2.05) is 41.3 Å². The molecule has 0 fully saturated rings. The van der Waals surface area contributed by atoms with Crippen molar-refractivity contribution in [3.63, 3.8) is 0 Å². The first-order chi connectivity index (χ1) is 16.9. The van der Waals surface area contributed by atoms with Crippen LogP contribution in [0, 0.1) is 12.7 Å². The molecule has 0 N–H and O–H groups in total. The van der Waals surface area contributed by atoms with Gasteiger partial charge in [-0.1, -0.05) is 30.3 Å². The fraction of sp³-hybridized carbons (Fsp3) is 0.259. The van der Waals surface area contributed by atoms with Gasteiger partial charge in [-0.3, -0.25) is 14.3 Å². The van der Waals surface area contributed by atoms with E-state index in [-0.39, 0.29) is 23.8 Å². The van der Waals surface area contributed by atoms with E-state index < -0.39 is 0 Å². The minimum Gasteiger partial charge on any atom is -0.340 e. The van der Waals surface area contributed by atoms with Crippen molar-refractivity contribution in [3.8, 4) is 22.5 Å². The van der Waals surface area contributed by atoms with E-state index in [9.17, 15) is 14.0 Å². The van der Waals surface area contributed by atoms with Crippen molar-refractivity contribution in [2.45, 2.75) is 26.3 Å². The zero-order chi connectivity index (χ0) is 24.5. The summed E-state index contributed by atoms with van der Waals surface area (Å²) < 4.78 is 16.9. The van der Waals surface area contributed by atoms with Crippen molar-refractivity contribution in [1.29, 1.82) is 0 Å². The van der Waals surface area contributed by atoms with Gasteiger partial charge < -0.3 is 4.90 Å². The molecule has 8 heteroatoms. The highest BCUT2D eigenvalue weighted by Crippen LogP contribution is 2.27. The van der Waals surface area contributed by atoms with Crippen LogP contribution in [0.3, 0.4) is 0 Å². The van der Waals surface area contributed by atoms with Gasteiger partial charge in [-0.2, -0.15) is 10.2 Å². The molecule has 5 rings (SSSR count). The molecule has 0 aliphatic carbocycles. The number of hydrogen-bond donors (Lipinski definition) is 0. The van der Waals surface area contributed by atoms with Gasteiger partial charge in [0.05, 0.1) is 17.1 Å². The van der Waals surface area contributed by atoms with E-state index in [0.29, 0.717) is 37.2 Å². The van der Waals surface area contributed by atoms with Gasteiger partial charge in [0.2, 0.25) is 5.91 Å². The first kappa shape index (κ1) is 22.7.